The second-order valence-corrected chi connectivity index (χ2v) is 4.27. The van der Waals surface area contributed by atoms with E-state index in [1.807, 2.05) is 13.8 Å². The smallest absolute Gasteiger partial charge is 0.291 e. The third kappa shape index (κ3) is 3.96. The molecule has 98 valence electrons. The summed E-state index contributed by atoms with van der Waals surface area (Å²) in [4.78, 5) is 30.4. The molecule has 18 heavy (non-hydrogen) atoms. The van der Waals surface area contributed by atoms with E-state index in [9.17, 15) is 9.59 Å². The van der Waals surface area contributed by atoms with Gasteiger partial charge in [-0.1, -0.05) is 6.92 Å². The zero-order chi connectivity index (χ0) is 13.7. The van der Waals surface area contributed by atoms with Crippen LogP contribution in [0.3, 0.4) is 0 Å². The number of amides is 1. The Morgan fingerprint density at radius 3 is 2.67 bits per heavy atom. The number of anilines is 2. The standard InChI is InChI=1S/C11H15ClN4O2/c1-4-8(17)10(18)15-7-5-13-11(12)16-9(7)14-6(2)3/h5-6H,4H2,1-3H3,(H,15,18)(H,13,14,16). The number of hydrogen-bond donors (Lipinski definition) is 2. The molecule has 0 aliphatic rings. The van der Waals surface area contributed by atoms with Crippen molar-refractivity contribution in [2.75, 3.05) is 10.6 Å². The number of ketones is 1. The minimum Gasteiger partial charge on any atom is -0.366 e. The van der Waals surface area contributed by atoms with Crippen LogP contribution in [0.15, 0.2) is 6.20 Å². The van der Waals surface area contributed by atoms with E-state index in [1.54, 1.807) is 6.92 Å². The molecule has 2 N–H and O–H groups in total. The lowest BCUT2D eigenvalue weighted by Crippen LogP contribution is -2.23. The normalized spacial score (nSPS) is 10.3. The van der Waals surface area contributed by atoms with E-state index in [0.717, 1.165) is 0 Å². The van der Waals surface area contributed by atoms with Crippen LogP contribution in [-0.2, 0) is 9.59 Å². The fourth-order valence-electron chi connectivity index (χ4n) is 1.19. The first kappa shape index (κ1) is 14.4. The third-order valence-corrected chi connectivity index (χ3v) is 2.19. The third-order valence-electron chi connectivity index (χ3n) is 2.01. The quantitative estimate of drug-likeness (QED) is 0.630. The highest BCUT2D eigenvalue weighted by molar-refractivity contribution is 6.40. The van der Waals surface area contributed by atoms with Gasteiger partial charge in [0.05, 0.1) is 6.20 Å². The van der Waals surface area contributed by atoms with Crippen LogP contribution in [0, 0.1) is 0 Å². The van der Waals surface area contributed by atoms with Gasteiger partial charge >= 0.3 is 0 Å². The zero-order valence-electron chi connectivity index (χ0n) is 10.5. The van der Waals surface area contributed by atoms with Gasteiger partial charge in [0.1, 0.15) is 5.69 Å². The van der Waals surface area contributed by atoms with Gasteiger partial charge in [-0.05, 0) is 25.4 Å². The molecule has 0 aromatic carbocycles. The van der Waals surface area contributed by atoms with E-state index in [4.69, 9.17) is 11.6 Å². The number of carbonyl (C=O) groups is 2. The second-order valence-electron chi connectivity index (χ2n) is 3.93. The van der Waals surface area contributed by atoms with E-state index < -0.39 is 11.7 Å². The Bertz CT molecular complexity index is 462. The molecule has 7 heteroatoms. The Kier molecular flexibility index (Phi) is 5.03. The number of carbonyl (C=O) groups excluding carboxylic acids is 2. The summed E-state index contributed by atoms with van der Waals surface area (Å²) in [5.74, 6) is -0.794. The predicted molar refractivity (Wildman–Crippen MR) is 69.7 cm³/mol. The van der Waals surface area contributed by atoms with E-state index in [1.165, 1.54) is 6.20 Å². The number of aromatic nitrogens is 2. The van der Waals surface area contributed by atoms with Crippen LogP contribution >= 0.6 is 11.6 Å². The van der Waals surface area contributed by atoms with Crippen molar-refractivity contribution in [3.8, 4) is 0 Å². The van der Waals surface area contributed by atoms with Crippen LogP contribution < -0.4 is 10.6 Å². The lowest BCUT2D eigenvalue weighted by Gasteiger charge is -2.13. The molecule has 1 aromatic rings. The summed E-state index contributed by atoms with van der Waals surface area (Å²) < 4.78 is 0. The Morgan fingerprint density at radius 1 is 1.44 bits per heavy atom. The summed E-state index contributed by atoms with van der Waals surface area (Å²) in [7, 11) is 0. The monoisotopic (exact) mass is 270 g/mol. The first-order chi connectivity index (χ1) is 8.43. The number of halogens is 1. The maximum Gasteiger partial charge on any atom is 0.291 e. The van der Waals surface area contributed by atoms with Crippen molar-refractivity contribution in [2.45, 2.75) is 33.2 Å². The number of nitrogens with one attached hydrogen (secondary N) is 2. The summed E-state index contributed by atoms with van der Waals surface area (Å²) in [6.07, 6.45) is 1.51. The predicted octanol–water partition coefficient (Wildman–Crippen LogP) is 1.87. The van der Waals surface area contributed by atoms with Crippen LogP contribution in [0.25, 0.3) is 0 Å². The molecule has 0 saturated carbocycles. The first-order valence-electron chi connectivity index (χ1n) is 5.57. The Balaban J connectivity index is 2.94. The largest absolute Gasteiger partial charge is 0.366 e. The highest BCUT2D eigenvalue weighted by atomic mass is 35.5. The molecule has 6 nitrogen and oxygen atoms in total. The highest BCUT2D eigenvalue weighted by Gasteiger charge is 2.15. The lowest BCUT2D eigenvalue weighted by atomic mass is 10.3. The van der Waals surface area contributed by atoms with Gasteiger partial charge in [0, 0.05) is 12.5 Å². The highest BCUT2D eigenvalue weighted by Crippen LogP contribution is 2.20. The molecular formula is C11H15ClN4O2. The average Bonchev–Trinajstić information content (AvgIpc) is 2.30. The number of rotatable bonds is 5. The minimum atomic E-state index is -0.685. The molecule has 0 saturated heterocycles. The molecule has 1 aromatic heterocycles. The van der Waals surface area contributed by atoms with Crippen LogP contribution in [0.4, 0.5) is 11.5 Å². The molecule has 0 spiro atoms. The Labute approximate surface area is 110 Å². The molecular weight excluding hydrogens is 256 g/mol. The van der Waals surface area contributed by atoms with E-state index in [0.29, 0.717) is 11.5 Å². The fraction of sp³-hybridized carbons (Fsp3) is 0.455. The van der Waals surface area contributed by atoms with Gasteiger partial charge in [0.2, 0.25) is 11.1 Å². The van der Waals surface area contributed by atoms with Crippen molar-refractivity contribution in [2.24, 2.45) is 0 Å². The molecule has 0 radical (unpaired) electrons. The van der Waals surface area contributed by atoms with Gasteiger partial charge in [-0.15, -0.1) is 0 Å². The SMILES string of the molecule is CCC(=O)C(=O)Nc1cnc(Cl)nc1NC(C)C. The second kappa shape index (κ2) is 6.30. The Morgan fingerprint density at radius 2 is 2.11 bits per heavy atom. The van der Waals surface area contributed by atoms with E-state index in [-0.39, 0.29) is 17.7 Å². The zero-order valence-corrected chi connectivity index (χ0v) is 11.2. The number of nitrogens with zero attached hydrogens (tertiary/aromatic N) is 2. The maximum absolute atomic E-state index is 11.5. The van der Waals surface area contributed by atoms with Crippen molar-refractivity contribution in [3.63, 3.8) is 0 Å². The van der Waals surface area contributed by atoms with Gasteiger partial charge in [-0.25, -0.2) is 4.98 Å². The summed E-state index contributed by atoms with van der Waals surface area (Å²) in [6, 6.07) is 0.105. The maximum atomic E-state index is 11.5. The molecule has 0 unspecified atom stereocenters. The molecule has 0 fully saturated rings. The summed E-state index contributed by atoms with van der Waals surface area (Å²) in [6.45, 7) is 5.45. The summed E-state index contributed by atoms with van der Waals surface area (Å²) in [5, 5.41) is 5.54. The molecule has 1 amide bonds. The van der Waals surface area contributed by atoms with Gasteiger partial charge < -0.3 is 10.6 Å². The summed E-state index contributed by atoms with van der Waals surface area (Å²) in [5.41, 5.74) is 0.333. The van der Waals surface area contributed by atoms with Crippen LogP contribution in [0.1, 0.15) is 27.2 Å². The fourth-order valence-corrected chi connectivity index (χ4v) is 1.32. The van der Waals surface area contributed by atoms with Crippen molar-refractivity contribution in [3.05, 3.63) is 11.5 Å². The van der Waals surface area contributed by atoms with Crippen molar-refractivity contribution in [1.82, 2.24) is 9.97 Å². The number of hydrogen-bond acceptors (Lipinski definition) is 5. The van der Waals surface area contributed by atoms with Crippen molar-refractivity contribution < 1.29 is 9.59 Å². The lowest BCUT2D eigenvalue weighted by molar-refractivity contribution is -0.134. The van der Waals surface area contributed by atoms with E-state index in [2.05, 4.69) is 20.6 Å². The van der Waals surface area contributed by atoms with Gasteiger partial charge in [-0.2, -0.15) is 4.98 Å². The van der Waals surface area contributed by atoms with Gasteiger partial charge in [0.25, 0.3) is 5.91 Å². The summed E-state index contributed by atoms with van der Waals surface area (Å²) >= 11 is 5.68. The molecule has 0 aliphatic carbocycles. The molecule has 1 heterocycles. The molecule has 0 atom stereocenters. The van der Waals surface area contributed by atoms with Crippen LogP contribution in [0.5, 0.6) is 0 Å². The topological polar surface area (TPSA) is 84.0 Å². The van der Waals surface area contributed by atoms with Crippen molar-refractivity contribution in [1.29, 1.82) is 0 Å². The van der Waals surface area contributed by atoms with E-state index >= 15 is 0 Å². The first-order valence-corrected chi connectivity index (χ1v) is 5.95. The molecule has 0 aliphatic heterocycles. The van der Waals surface area contributed by atoms with Crippen molar-refractivity contribution >= 4 is 34.8 Å². The minimum absolute atomic E-state index is 0.0676. The average molecular weight is 271 g/mol. The molecule has 1 rings (SSSR count). The van der Waals surface area contributed by atoms with Gasteiger partial charge in [-0.3, -0.25) is 9.59 Å². The van der Waals surface area contributed by atoms with Crippen LogP contribution in [-0.4, -0.2) is 27.7 Å². The molecule has 0 bridgehead atoms. The Hall–Kier alpha value is -1.69. The number of Topliss-reactive ketones (excluding diaryl/α,β-unsaturated/α-hetero) is 1. The van der Waals surface area contributed by atoms with Gasteiger partial charge in [0.15, 0.2) is 5.82 Å². The van der Waals surface area contributed by atoms with Crippen LogP contribution in [0.2, 0.25) is 5.28 Å².